The molecule has 2 heterocycles. The normalized spacial score (nSPS) is 15.3. The first-order chi connectivity index (χ1) is 14.8. The average Bonchev–Trinajstić information content (AvgIpc) is 3.07. The van der Waals surface area contributed by atoms with Gasteiger partial charge < -0.3 is 0 Å². The van der Waals surface area contributed by atoms with E-state index in [1.807, 2.05) is 31.2 Å². The Balaban J connectivity index is 1.76. The fourth-order valence-electron chi connectivity index (χ4n) is 3.64. The van der Waals surface area contributed by atoms with E-state index in [4.69, 9.17) is 23.2 Å². The summed E-state index contributed by atoms with van der Waals surface area (Å²) in [4.78, 5) is 13.1. The molecular formula is C22H20BrCl2FN4O. The number of hydrazine groups is 1. The minimum Gasteiger partial charge on any atom is -0.283 e. The van der Waals surface area contributed by atoms with Crippen LogP contribution in [0.4, 0.5) is 4.39 Å². The smallest absolute Gasteiger partial charge is 0.283 e. The standard InChI is InChI=1S/C22H20BrCl2FN4O/c1-13-20(22(31)28-29-10-8-17(26)9-11-29)27-30(19-7-6-16(24)12-18(19)25)21(13)14-2-4-15(23)5-3-14/h2-7,12,17H,8-11H2,1H3,(H,28,31). The molecule has 1 aromatic heterocycles. The van der Waals surface area contributed by atoms with Gasteiger partial charge in [-0.15, -0.1) is 0 Å². The second kappa shape index (κ2) is 9.28. The van der Waals surface area contributed by atoms with Crippen LogP contribution in [0.3, 0.4) is 0 Å². The molecule has 1 amide bonds. The zero-order valence-corrected chi connectivity index (χ0v) is 19.8. The van der Waals surface area contributed by atoms with Crippen molar-refractivity contribution in [3.05, 3.63) is 68.2 Å². The predicted octanol–water partition coefficient (Wildman–Crippen LogP) is 6.00. The largest absolute Gasteiger partial charge is 0.286 e. The number of amides is 1. The number of alkyl halides is 1. The lowest BCUT2D eigenvalue weighted by Crippen LogP contribution is -2.47. The first kappa shape index (κ1) is 22.3. The molecule has 0 saturated carbocycles. The Morgan fingerprint density at radius 2 is 1.84 bits per heavy atom. The highest BCUT2D eigenvalue weighted by Gasteiger charge is 2.26. The number of nitrogens with one attached hydrogen (secondary N) is 1. The Morgan fingerprint density at radius 3 is 2.48 bits per heavy atom. The number of carbonyl (C=O) groups excluding carboxylic acids is 1. The number of rotatable bonds is 4. The summed E-state index contributed by atoms with van der Waals surface area (Å²) in [7, 11) is 0. The summed E-state index contributed by atoms with van der Waals surface area (Å²) < 4.78 is 16.0. The fourth-order valence-corrected chi connectivity index (χ4v) is 4.39. The van der Waals surface area contributed by atoms with E-state index in [1.54, 1.807) is 27.9 Å². The van der Waals surface area contributed by atoms with Crippen molar-refractivity contribution >= 4 is 45.0 Å². The van der Waals surface area contributed by atoms with Gasteiger partial charge in [0.05, 0.1) is 16.4 Å². The first-order valence-corrected chi connectivity index (χ1v) is 11.4. The molecule has 0 atom stereocenters. The van der Waals surface area contributed by atoms with Gasteiger partial charge in [-0.2, -0.15) is 5.10 Å². The molecule has 9 heteroatoms. The van der Waals surface area contributed by atoms with Crippen molar-refractivity contribution < 1.29 is 9.18 Å². The van der Waals surface area contributed by atoms with Gasteiger partial charge in [0, 0.05) is 33.7 Å². The molecule has 0 aliphatic carbocycles. The molecule has 1 fully saturated rings. The Kier molecular flexibility index (Phi) is 6.67. The van der Waals surface area contributed by atoms with Crippen molar-refractivity contribution in [2.24, 2.45) is 0 Å². The van der Waals surface area contributed by atoms with Gasteiger partial charge in [0.15, 0.2) is 5.69 Å². The van der Waals surface area contributed by atoms with Gasteiger partial charge >= 0.3 is 0 Å². The van der Waals surface area contributed by atoms with E-state index in [0.717, 1.165) is 15.7 Å². The van der Waals surface area contributed by atoms with Crippen LogP contribution >= 0.6 is 39.1 Å². The second-order valence-corrected chi connectivity index (χ2v) is 9.20. The summed E-state index contributed by atoms with van der Waals surface area (Å²) in [6.45, 7) is 2.79. The number of carbonyl (C=O) groups is 1. The fraction of sp³-hybridized carbons (Fsp3) is 0.273. The second-order valence-electron chi connectivity index (χ2n) is 7.44. The lowest BCUT2D eigenvalue weighted by atomic mass is 10.1. The van der Waals surface area contributed by atoms with E-state index in [-0.39, 0.29) is 11.6 Å². The van der Waals surface area contributed by atoms with E-state index >= 15 is 0 Å². The number of halogens is 4. The molecule has 0 bridgehead atoms. The summed E-state index contributed by atoms with van der Waals surface area (Å²) in [5.74, 6) is -0.336. The van der Waals surface area contributed by atoms with Crippen LogP contribution in [-0.4, -0.2) is 40.0 Å². The molecular weight excluding hydrogens is 506 g/mol. The van der Waals surface area contributed by atoms with Crippen molar-refractivity contribution in [2.75, 3.05) is 13.1 Å². The highest BCUT2D eigenvalue weighted by Crippen LogP contribution is 2.33. The van der Waals surface area contributed by atoms with Crippen LogP contribution in [0.15, 0.2) is 46.9 Å². The number of piperidine rings is 1. The molecule has 5 nitrogen and oxygen atoms in total. The molecule has 0 unspecified atom stereocenters. The zero-order chi connectivity index (χ0) is 22.1. The van der Waals surface area contributed by atoms with Gasteiger partial charge in [-0.1, -0.05) is 51.3 Å². The number of nitrogens with zero attached hydrogens (tertiary/aromatic N) is 3. The van der Waals surface area contributed by atoms with Crippen LogP contribution in [0, 0.1) is 6.92 Å². The van der Waals surface area contributed by atoms with Crippen LogP contribution in [0.2, 0.25) is 10.0 Å². The van der Waals surface area contributed by atoms with Gasteiger partial charge in [0.2, 0.25) is 0 Å². The van der Waals surface area contributed by atoms with Gasteiger partial charge in [-0.3, -0.25) is 10.2 Å². The lowest BCUT2D eigenvalue weighted by Gasteiger charge is -2.28. The summed E-state index contributed by atoms with van der Waals surface area (Å²) in [5.41, 5.74) is 6.12. The highest BCUT2D eigenvalue weighted by molar-refractivity contribution is 9.10. The Labute approximate surface area is 198 Å². The lowest BCUT2D eigenvalue weighted by molar-refractivity contribution is 0.0657. The molecule has 1 N–H and O–H groups in total. The summed E-state index contributed by atoms with van der Waals surface area (Å²) in [6.07, 6.45) is -0.0126. The van der Waals surface area contributed by atoms with Crippen molar-refractivity contribution in [1.82, 2.24) is 20.2 Å². The van der Waals surface area contributed by atoms with Crippen molar-refractivity contribution in [2.45, 2.75) is 25.9 Å². The summed E-state index contributed by atoms with van der Waals surface area (Å²) >= 11 is 16.0. The van der Waals surface area contributed by atoms with Gasteiger partial charge in [0.25, 0.3) is 5.91 Å². The van der Waals surface area contributed by atoms with Crippen molar-refractivity contribution in [3.8, 4) is 16.9 Å². The maximum atomic E-state index is 13.4. The number of hydrogen-bond acceptors (Lipinski definition) is 3. The number of aromatic nitrogens is 2. The van der Waals surface area contributed by atoms with Gasteiger partial charge in [0.1, 0.15) is 6.17 Å². The third-order valence-corrected chi connectivity index (χ3v) is 6.34. The van der Waals surface area contributed by atoms with Crippen molar-refractivity contribution in [1.29, 1.82) is 0 Å². The Morgan fingerprint density at radius 1 is 1.16 bits per heavy atom. The van der Waals surface area contributed by atoms with Crippen LogP contribution in [0.25, 0.3) is 16.9 Å². The minimum atomic E-state index is -0.815. The quantitative estimate of drug-likeness (QED) is 0.454. The topological polar surface area (TPSA) is 50.2 Å². The number of benzene rings is 2. The van der Waals surface area contributed by atoms with Crippen LogP contribution in [0.1, 0.15) is 28.9 Å². The molecule has 0 radical (unpaired) electrons. The molecule has 4 rings (SSSR count). The SMILES string of the molecule is Cc1c(C(=O)NN2CCC(F)CC2)nn(-c2ccc(Cl)cc2Cl)c1-c1ccc(Br)cc1. The van der Waals surface area contributed by atoms with E-state index < -0.39 is 6.17 Å². The molecule has 0 spiro atoms. The third kappa shape index (κ3) is 4.80. The monoisotopic (exact) mass is 524 g/mol. The summed E-state index contributed by atoms with van der Waals surface area (Å²) in [6, 6.07) is 12.9. The molecule has 162 valence electrons. The average molecular weight is 526 g/mol. The van der Waals surface area contributed by atoms with E-state index in [9.17, 15) is 9.18 Å². The maximum Gasteiger partial charge on any atom is 0.286 e. The number of hydrogen-bond donors (Lipinski definition) is 1. The molecule has 31 heavy (non-hydrogen) atoms. The predicted molar refractivity (Wildman–Crippen MR) is 125 cm³/mol. The minimum absolute atomic E-state index is 0.284. The maximum absolute atomic E-state index is 13.4. The summed E-state index contributed by atoms with van der Waals surface area (Å²) in [5, 5.41) is 7.29. The Hall–Kier alpha value is -1.93. The van der Waals surface area contributed by atoms with Crippen LogP contribution in [-0.2, 0) is 0 Å². The highest BCUT2D eigenvalue weighted by atomic mass is 79.9. The molecule has 2 aromatic carbocycles. The third-order valence-electron chi connectivity index (χ3n) is 5.28. The molecule has 1 aliphatic heterocycles. The Bertz CT molecular complexity index is 1110. The van der Waals surface area contributed by atoms with Crippen LogP contribution < -0.4 is 5.43 Å². The molecule has 3 aromatic rings. The van der Waals surface area contributed by atoms with Gasteiger partial charge in [-0.05, 0) is 50.1 Å². The van der Waals surface area contributed by atoms with Crippen LogP contribution in [0.5, 0.6) is 0 Å². The van der Waals surface area contributed by atoms with E-state index in [2.05, 4.69) is 26.5 Å². The zero-order valence-electron chi connectivity index (χ0n) is 16.7. The van der Waals surface area contributed by atoms with E-state index in [0.29, 0.717) is 47.2 Å². The first-order valence-electron chi connectivity index (χ1n) is 9.84. The molecule has 1 aliphatic rings. The van der Waals surface area contributed by atoms with Gasteiger partial charge in [-0.25, -0.2) is 14.1 Å². The van der Waals surface area contributed by atoms with E-state index in [1.165, 1.54) is 0 Å². The van der Waals surface area contributed by atoms with Crippen molar-refractivity contribution in [3.63, 3.8) is 0 Å². The molecule has 1 saturated heterocycles.